The summed E-state index contributed by atoms with van der Waals surface area (Å²) >= 11 is 10.3. The van der Waals surface area contributed by atoms with E-state index in [2.05, 4.69) is 156 Å². The first kappa shape index (κ1) is 60.6. The van der Waals surface area contributed by atoms with Gasteiger partial charge in [0, 0.05) is 47.1 Å². The fraction of sp³-hybridized carbons (Fsp3) is 0.592. The lowest BCUT2D eigenvalue weighted by Gasteiger charge is -2.31. The van der Waals surface area contributed by atoms with Gasteiger partial charge in [-0.25, -0.2) is 0 Å². The number of unbranched alkanes of at least 4 members (excludes halogenated alkanes) is 2. The van der Waals surface area contributed by atoms with E-state index in [0.29, 0.717) is 23.7 Å². The third kappa shape index (κ3) is 39.6. The van der Waals surface area contributed by atoms with Crippen molar-refractivity contribution in [2.45, 2.75) is 114 Å². The molecule has 0 aromatic carbocycles. The summed E-state index contributed by atoms with van der Waals surface area (Å²) in [5.74, 6) is 1.66. The average Bonchev–Trinajstić information content (AvgIpc) is 3.22. The van der Waals surface area contributed by atoms with Gasteiger partial charge in [-0.15, -0.1) is 0 Å². The van der Waals surface area contributed by atoms with E-state index in [1.54, 1.807) is 0 Å². The average molecular weight is 840 g/mol. The number of hydrogen-bond acceptors (Lipinski definition) is 4. The van der Waals surface area contributed by atoms with Crippen molar-refractivity contribution >= 4 is 34.7 Å². The highest BCUT2D eigenvalue weighted by Gasteiger charge is 2.25. The van der Waals surface area contributed by atoms with Gasteiger partial charge in [0.1, 0.15) is 0 Å². The first-order chi connectivity index (χ1) is 27.4. The van der Waals surface area contributed by atoms with E-state index in [0.717, 1.165) is 80.7 Å². The fourth-order valence-electron chi connectivity index (χ4n) is 5.09. The van der Waals surface area contributed by atoms with Crippen LogP contribution in [0.2, 0.25) is 0 Å². The monoisotopic (exact) mass is 839 g/mol. The molecule has 4 atom stereocenters. The van der Waals surface area contributed by atoms with Gasteiger partial charge in [0.05, 0.1) is 0 Å². The van der Waals surface area contributed by atoms with E-state index >= 15 is 0 Å². The molecule has 0 aliphatic heterocycles. The third-order valence-corrected chi connectivity index (χ3v) is 9.65. The summed E-state index contributed by atoms with van der Waals surface area (Å²) in [6.07, 6.45) is 32.3. The van der Waals surface area contributed by atoms with Gasteiger partial charge in [0.25, 0.3) is 0 Å². The maximum Gasteiger partial charge on any atom is 0.166 e. The summed E-state index contributed by atoms with van der Waals surface area (Å²) in [5, 5.41) is 20.5. The first-order valence-electron chi connectivity index (χ1n) is 21.6. The van der Waals surface area contributed by atoms with E-state index < -0.39 is 0 Å². The number of allylic oxidation sites excluding steroid dienone is 13. The molecule has 0 aromatic rings. The maximum absolute atomic E-state index is 5.42. The van der Waals surface area contributed by atoms with Crippen LogP contribution in [-0.4, -0.2) is 63.6 Å². The van der Waals surface area contributed by atoms with Crippen molar-refractivity contribution in [1.29, 1.82) is 0 Å². The lowest BCUT2D eigenvalue weighted by molar-refractivity contribution is 0.376. The highest BCUT2D eigenvalue weighted by Crippen LogP contribution is 2.31. The van der Waals surface area contributed by atoms with Crippen molar-refractivity contribution in [1.82, 2.24) is 31.9 Å². The van der Waals surface area contributed by atoms with Gasteiger partial charge >= 0.3 is 0 Å². The summed E-state index contributed by atoms with van der Waals surface area (Å²) in [7, 11) is 3.75. The summed E-state index contributed by atoms with van der Waals surface area (Å²) in [4.78, 5) is 0. The second-order valence-electron chi connectivity index (χ2n) is 13.8. The molecule has 0 radical (unpaired) electrons. The zero-order valence-corrected chi connectivity index (χ0v) is 40.3. The zero-order chi connectivity index (χ0) is 44.1. The smallest absolute Gasteiger partial charge is 0.166 e. The molecule has 8 heteroatoms. The van der Waals surface area contributed by atoms with Crippen molar-refractivity contribution in [3.63, 3.8) is 0 Å². The molecule has 0 fully saturated rings. The van der Waals surface area contributed by atoms with Crippen molar-refractivity contribution in [3.8, 4) is 0 Å². The first-order valence-corrected chi connectivity index (χ1v) is 22.4. The Bertz CT molecular complexity index is 1190. The van der Waals surface area contributed by atoms with Crippen LogP contribution < -0.4 is 31.9 Å². The van der Waals surface area contributed by atoms with E-state index in [4.69, 9.17) is 24.4 Å². The van der Waals surface area contributed by atoms with Gasteiger partial charge < -0.3 is 31.9 Å². The minimum Gasteiger partial charge on any atom is -0.366 e. The van der Waals surface area contributed by atoms with Crippen LogP contribution in [0.25, 0.3) is 0 Å². The Hall–Kier alpha value is -3.04. The van der Waals surface area contributed by atoms with Crippen LogP contribution in [-0.2, 0) is 0 Å². The van der Waals surface area contributed by atoms with Gasteiger partial charge in [-0.2, -0.15) is 0 Å². The van der Waals surface area contributed by atoms with E-state index in [1.807, 2.05) is 45.3 Å². The zero-order valence-electron chi connectivity index (χ0n) is 38.7. The van der Waals surface area contributed by atoms with Crippen LogP contribution in [0.15, 0.2) is 110 Å². The molecule has 0 bridgehead atoms. The van der Waals surface area contributed by atoms with Crippen LogP contribution in [0.1, 0.15) is 122 Å². The molecule has 0 saturated heterocycles. The SMILES string of the molecule is C/C=C\CC.C=C/C=C(\C=C)C(C)/C(C)=C/CC.C=CC(=C)C(CNC(=S)NCCCNCCCC)[C@H]1C=CC=CC1C.CCCC.CNCCCNC(=S)NC.[HH].[HH].[HH].[HH].[HH].[HH]. The molecular formula is C49H102N6S2. The van der Waals surface area contributed by atoms with Crippen LogP contribution in [0, 0.1) is 23.7 Å². The predicted molar refractivity (Wildman–Crippen MR) is 283 cm³/mol. The molecule has 3 unspecified atom stereocenters. The molecule has 6 nitrogen and oxygen atoms in total. The largest absolute Gasteiger partial charge is 0.366 e. The number of hydrogen-bond donors (Lipinski definition) is 6. The molecule has 340 valence electrons. The summed E-state index contributed by atoms with van der Waals surface area (Å²) < 4.78 is 0. The highest BCUT2D eigenvalue weighted by molar-refractivity contribution is 7.80. The number of rotatable bonds is 23. The van der Waals surface area contributed by atoms with Crippen molar-refractivity contribution < 1.29 is 8.56 Å². The molecule has 1 rings (SSSR count). The van der Waals surface area contributed by atoms with Crippen LogP contribution in [0.3, 0.4) is 0 Å². The normalized spacial score (nSPS) is 15.3. The quantitative estimate of drug-likeness (QED) is 0.0263. The van der Waals surface area contributed by atoms with E-state index in [-0.39, 0.29) is 8.56 Å². The lowest BCUT2D eigenvalue weighted by atomic mass is 9.76. The molecular weight excluding hydrogens is 737 g/mol. The van der Waals surface area contributed by atoms with Crippen LogP contribution in [0.4, 0.5) is 0 Å². The van der Waals surface area contributed by atoms with Crippen LogP contribution >= 0.6 is 24.4 Å². The Morgan fingerprint density at radius 1 is 0.789 bits per heavy atom. The van der Waals surface area contributed by atoms with Gasteiger partial charge in [-0.1, -0.05) is 172 Å². The van der Waals surface area contributed by atoms with E-state index in [1.165, 1.54) is 36.8 Å². The Kier molecular flexibility index (Phi) is 50.4. The van der Waals surface area contributed by atoms with Gasteiger partial charge in [-0.05, 0) is 114 Å². The summed E-state index contributed by atoms with van der Waals surface area (Å²) in [5.41, 5.74) is 3.69. The van der Waals surface area contributed by atoms with Crippen LogP contribution in [0.5, 0.6) is 0 Å². The molecule has 1 aliphatic carbocycles. The standard InChI is InChI=1S/C21H35N3S.C13H20.C6H15N3S.C5H10.C4H10.6H2/c1-5-7-13-22-14-10-15-23-21(25)24-16-20(17(3)6-2)19-12-9-8-11-18(19)4;1-6-9-11(4)12(5)13(8-3)10-7-2;1-7-4-3-5-9-6(10)8-2;1-3-5-4-2;1-3-4-2;;;;;;/h6,8-9,11-12,18-20,22H,2-3,5,7,10,13-16H2,1,4H3,(H2,23,24,25);7-10,12H,2-3,6H2,1,4-5H3;7H,3-5H2,1-2H3,(H2,8,9,10);3,5H,4H2,1-2H3;3-4H2,1-2H3;6*1H/b;11-9+,13-10+;;5-3-;;;;;;;/t18?,19-,20?;;;;;;;;;;/m0........../s1. The Morgan fingerprint density at radius 2 is 1.39 bits per heavy atom. The topological polar surface area (TPSA) is 72.2 Å². The Morgan fingerprint density at radius 3 is 1.84 bits per heavy atom. The second-order valence-corrected chi connectivity index (χ2v) is 14.6. The minimum absolute atomic E-state index is 0. The Labute approximate surface area is 374 Å². The molecule has 1 aliphatic rings. The fourth-order valence-corrected chi connectivity index (χ4v) is 5.37. The number of thiocarbonyl (C=S) groups is 2. The lowest BCUT2D eigenvalue weighted by Crippen LogP contribution is -2.41. The minimum atomic E-state index is 0. The molecule has 0 saturated carbocycles. The second kappa shape index (κ2) is 47.3. The van der Waals surface area contributed by atoms with E-state index in [9.17, 15) is 0 Å². The van der Waals surface area contributed by atoms with Crippen molar-refractivity contribution in [2.75, 3.05) is 53.4 Å². The predicted octanol–water partition coefficient (Wildman–Crippen LogP) is 13.2. The maximum atomic E-state index is 5.42. The summed E-state index contributed by atoms with van der Waals surface area (Å²) in [6.45, 7) is 40.8. The third-order valence-electron chi connectivity index (χ3n) is 9.02. The van der Waals surface area contributed by atoms with Gasteiger partial charge in [-0.3, -0.25) is 0 Å². The van der Waals surface area contributed by atoms with Gasteiger partial charge in [0.2, 0.25) is 0 Å². The molecule has 0 heterocycles. The highest BCUT2D eigenvalue weighted by atomic mass is 32.1. The summed E-state index contributed by atoms with van der Waals surface area (Å²) in [6, 6.07) is 0. The Balaban J connectivity index is -0.0000000787. The van der Waals surface area contributed by atoms with Crippen molar-refractivity contribution in [2.24, 2.45) is 23.7 Å². The number of nitrogens with one attached hydrogen (secondary N) is 6. The van der Waals surface area contributed by atoms with Crippen molar-refractivity contribution in [3.05, 3.63) is 110 Å². The molecule has 57 heavy (non-hydrogen) atoms. The molecule has 0 amide bonds. The molecule has 0 spiro atoms. The van der Waals surface area contributed by atoms with Gasteiger partial charge in [0.15, 0.2) is 10.2 Å². The molecule has 0 aromatic heterocycles. The molecule has 6 N–H and O–H groups in total.